The molecular formula is C29H25NO5S. The Bertz CT molecular complexity index is 1430. The van der Waals surface area contributed by atoms with Crippen LogP contribution in [-0.4, -0.2) is 32.4 Å². The summed E-state index contributed by atoms with van der Waals surface area (Å²) < 4.78 is 32.3. The Morgan fingerprint density at radius 1 is 0.806 bits per heavy atom. The third kappa shape index (κ3) is 4.67. The van der Waals surface area contributed by atoms with Crippen molar-refractivity contribution in [1.82, 2.24) is 0 Å². The summed E-state index contributed by atoms with van der Waals surface area (Å²) in [5.41, 5.74) is 0.909. The SMILES string of the molecule is O=C1C=CC2(C=C1)OCC(Cc1ccccc1CS(=O)(=O)c1ccccc1)C(=O)N2c1ccccc1. The first-order chi connectivity index (χ1) is 17.4. The molecule has 0 aromatic heterocycles. The number of para-hydroxylation sites is 1. The van der Waals surface area contributed by atoms with E-state index in [1.54, 1.807) is 59.5 Å². The Kier molecular flexibility index (Phi) is 6.43. The quantitative estimate of drug-likeness (QED) is 0.506. The molecule has 1 amide bonds. The highest BCUT2D eigenvalue weighted by Gasteiger charge is 2.46. The van der Waals surface area contributed by atoms with E-state index in [1.807, 2.05) is 42.5 Å². The molecule has 7 heteroatoms. The van der Waals surface area contributed by atoms with Crippen molar-refractivity contribution in [2.45, 2.75) is 22.8 Å². The van der Waals surface area contributed by atoms with E-state index in [2.05, 4.69) is 0 Å². The van der Waals surface area contributed by atoms with Gasteiger partial charge in [-0.05, 0) is 66.1 Å². The number of ether oxygens (including phenoxy) is 1. The van der Waals surface area contributed by atoms with Crippen molar-refractivity contribution in [3.8, 4) is 0 Å². The first kappa shape index (κ1) is 23.9. The normalized spacial score (nSPS) is 19.1. The first-order valence-corrected chi connectivity index (χ1v) is 13.3. The maximum Gasteiger partial charge on any atom is 0.235 e. The van der Waals surface area contributed by atoms with E-state index in [0.29, 0.717) is 17.7 Å². The molecule has 3 aromatic carbocycles. The van der Waals surface area contributed by atoms with Gasteiger partial charge in [-0.3, -0.25) is 14.5 Å². The third-order valence-electron chi connectivity index (χ3n) is 6.45. The third-order valence-corrected chi connectivity index (χ3v) is 8.14. The zero-order chi connectivity index (χ0) is 25.2. The van der Waals surface area contributed by atoms with Crippen LogP contribution in [0.5, 0.6) is 0 Å². The van der Waals surface area contributed by atoms with E-state index in [1.165, 1.54) is 12.2 Å². The van der Waals surface area contributed by atoms with Crippen molar-refractivity contribution in [1.29, 1.82) is 0 Å². The molecule has 0 radical (unpaired) electrons. The van der Waals surface area contributed by atoms with Gasteiger partial charge in [0.25, 0.3) is 0 Å². The number of anilines is 1. The molecule has 6 nitrogen and oxygen atoms in total. The lowest BCUT2D eigenvalue weighted by atomic mass is 9.91. The van der Waals surface area contributed by atoms with Gasteiger partial charge in [0.15, 0.2) is 21.3 Å². The van der Waals surface area contributed by atoms with Gasteiger partial charge in [-0.2, -0.15) is 0 Å². The van der Waals surface area contributed by atoms with Crippen LogP contribution < -0.4 is 4.90 Å². The van der Waals surface area contributed by atoms with Gasteiger partial charge in [-0.15, -0.1) is 0 Å². The second kappa shape index (κ2) is 9.68. The van der Waals surface area contributed by atoms with E-state index in [4.69, 9.17) is 4.74 Å². The minimum Gasteiger partial charge on any atom is -0.347 e. The zero-order valence-corrected chi connectivity index (χ0v) is 20.3. The fourth-order valence-corrected chi connectivity index (χ4v) is 6.04. The number of carbonyl (C=O) groups is 2. The highest BCUT2D eigenvalue weighted by molar-refractivity contribution is 7.90. The zero-order valence-electron chi connectivity index (χ0n) is 19.5. The number of amides is 1. The van der Waals surface area contributed by atoms with Gasteiger partial charge >= 0.3 is 0 Å². The maximum atomic E-state index is 13.9. The van der Waals surface area contributed by atoms with Crippen molar-refractivity contribution >= 4 is 27.2 Å². The molecule has 1 heterocycles. The van der Waals surface area contributed by atoms with Gasteiger partial charge in [0.1, 0.15) is 0 Å². The molecule has 0 saturated carbocycles. The van der Waals surface area contributed by atoms with Gasteiger partial charge in [0, 0.05) is 5.69 Å². The standard InChI is InChI=1S/C29H25NO5S/c31-26-15-17-29(18-16-26)30(25-11-3-1-4-12-25)28(32)24(20-35-29)19-22-9-7-8-10-23(22)21-36(33,34)27-13-5-2-6-14-27/h1-18,24H,19-21H2. The first-order valence-electron chi connectivity index (χ1n) is 11.7. The molecule has 1 aliphatic heterocycles. The Morgan fingerprint density at radius 2 is 1.39 bits per heavy atom. The number of hydrogen-bond donors (Lipinski definition) is 0. The molecule has 5 rings (SSSR count). The summed E-state index contributed by atoms with van der Waals surface area (Å²) in [6.07, 6.45) is 6.36. The van der Waals surface area contributed by atoms with Crippen LogP contribution >= 0.6 is 0 Å². The molecule has 36 heavy (non-hydrogen) atoms. The number of rotatable bonds is 6. The summed E-state index contributed by atoms with van der Waals surface area (Å²) in [4.78, 5) is 27.5. The number of sulfone groups is 1. The molecule has 1 spiro atoms. The summed E-state index contributed by atoms with van der Waals surface area (Å²) in [6, 6.07) is 24.8. The average Bonchev–Trinajstić information content (AvgIpc) is 2.90. The van der Waals surface area contributed by atoms with Crippen molar-refractivity contribution in [3.05, 3.63) is 120 Å². The molecule has 3 aromatic rings. The van der Waals surface area contributed by atoms with E-state index in [0.717, 1.165) is 5.56 Å². The molecule has 1 saturated heterocycles. The van der Waals surface area contributed by atoms with Crippen molar-refractivity contribution in [2.24, 2.45) is 5.92 Å². The van der Waals surface area contributed by atoms with Crippen LogP contribution in [0.2, 0.25) is 0 Å². The lowest BCUT2D eigenvalue weighted by Gasteiger charge is -2.46. The van der Waals surface area contributed by atoms with Gasteiger partial charge in [-0.1, -0.05) is 60.7 Å². The fourth-order valence-electron chi connectivity index (χ4n) is 4.62. The number of hydrogen-bond acceptors (Lipinski definition) is 5. The van der Waals surface area contributed by atoms with Gasteiger partial charge < -0.3 is 4.74 Å². The Hall–Kier alpha value is -3.81. The summed E-state index contributed by atoms with van der Waals surface area (Å²) >= 11 is 0. The van der Waals surface area contributed by atoms with E-state index >= 15 is 0 Å². The van der Waals surface area contributed by atoms with Crippen LogP contribution in [0.4, 0.5) is 5.69 Å². The molecule has 2 aliphatic rings. The maximum absolute atomic E-state index is 13.9. The smallest absolute Gasteiger partial charge is 0.235 e. The van der Waals surface area contributed by atoms with Crippen LogP contribution in [0, 0.1) is 5.92 Å². The van der Waals surface area contributed by atoms with Crippen molar-refractivity contribution in [3.63, 3.8) is 0 Å². The minimum absolute atomic E-state index is 0.130. The summed E-state index contributed by atoms with van der Waals surface area (Å²) in [5.74, 6) is -1.01. The summed E-state index contributed by atoms with van der Waals surface area (Å²) in [7, 11) is -3.55. The molecule has 1 fully saturated rings. The number of benzene rings is 3. The number of nitrogens with zero attached hydrogens (tertiary/aromatic N) is 1. The monoisotopic (exact) mass is 499 g/mol. The molecule has 0 N–H and O–H groups in total. The second-order valence-electron chi connectivity index (χ2n) is 8.88. The highest BCUT2D eigenvalue weighted by atomic mass is 32.2. The minimum atomic E-state index is -3.55. The Labute approximate surface area is 210 Å². The predicted octanol–water partition coefficient (Wildman–Crippen LogP) is 4.27. The second-order valence-corrected chi connectivity index (χ2v) is 10.9. The number of ketones is 1. The number of allylic oxidation sites excluding steroid dienone is 2. The topological polar surface area (TPSA) is 80.8 Å². The van der Waals surface area contributed by atoms with Crippen LogP contribution in [-0.2, 0) is 36.3 Å². The summed E-state index contributed by atoms with van der Waals surface area (Å²) in [6.45, 7) is 0.130. The van der Waals surface area contributed by atoms with Gasteiger partial charge in [-0.25, -0.2) is 8.42 Å². The van der Waals surface area contributed by atoms with Gasteiger partial charge in [0.05, 0.1) is 23.2 Å². The Balaban J connectivity index is 1.44. The van der Waals surface area contributed by atoms with Crippen LogP contribution in [0.1, 0.15) is 11.1 Å². The lowest BCUT2D eigenvalue weighted by Crippen LogP contribution is -2.60. The van der Waals surface area contributed by atoms with Crippen LogP contribution in [0.15, 0.2) is 114 Å². The summed E-state index contributed by atoms with van der Waals surface area (Å²) in [5, 5.41) is 0. The fraction of sp³-hybridized carbons (Fsp3) is 0.172. The van der Waals surface area contributed by atoms with Crippen LogP contribution in [0.3, 0.4) is 0 Å². The average molecular weight is 500 g/mol. The molecule has 182 valence electrons. The van der Waals surface area contributed by atoms with Crippen molar-refractivity contribution < 1.29 is 22.7 Å². The van der Waals surface area contributed by atoms with E-state index in [9.17, 15) is 18.0 Å². The molecule has 1 aliphatic carbocycles. The van der Waals surface area contributed by atoms with E-state index in [-0.39, 0.29) is 28.9 Å². The Morgan fingerprint density at radius 3 is 2.06 bits per heavy atom. The van der Waals surface area contributed by atoms with E-state index < -0.39 is 21.5 Å². The predicted molar refractivity (Wildman–Crippen MR) is 137 cm³/mol. The highest BCUT2D eigenvalue weighted by Crippen LogP contribution is 2.37. The largest absolute Gasteiger partial charge is 0.347 e. The number of carbonyl (C=O) groups excluding carboxylic acids is 2. The molecular weight excluding hydrogens is 474 g/mol. The van der Waals surface area contributed by atoms with Crippen molar-refractivity contribution in [2.75, 3.05) is 11.5 Å². The molecule has 1 unspecified atom stereocenters. The van der Waals surface area contributed by atoms with Gasteiger partial charge in [0.2, 0.25) is 5.91 Å². The molecule has 0 bridgehead atoms. The molecule has 1 atom stereocenters. The lowest BCUT2D eigenvalue weighted by molar-refractivity contribution is -0.138. The van der Waals surface area contributed by atoms with Crippen LogP contribution in [0.25, 0.3) is 0 Å².